The summed E-state index contributed by atoms with van der Waals surface area (Å²) in [7, 11) is 0. The monoisotopic (exact) mass is 778 g/mol. The zero-order chi connectivity index (χ0) is 40.5. The van der Waals surface area contributed by atoms with E-state index in [9.17, 15) is 0 Å². The molecule has 7 aromatic carbocycles. The molecule has 4 nitrogen and oxygen atoms in total. The normalized spacial score (nSPS) is 11.3. The summed E-state index contributed by atoms with van der Waals surface area (Å²) in [6, 6.07) is 77.5. The van der Waals surface area contributed by atoms with Gasteiger partial charge in [-0.15, -0.1) is 0 Å². The first-order valence-electron chi connectivity index (χ1n) is 20.6. The van der Waals surface area contributed by atoms with Crippen LogP contribution in [0.1, 0.15) is 0 Å². The second-order valence-corrected chi connectivity index (χ2v) is 15.3. The molecule has 0 saturated carbocycles. The molecule has 4 heterocycles. The fourth-order valence-electron chi connectivity index (χ4n) is 8.58. The first kappa shape index (κ1) is 35.9. The third-order valence-electron chi connectivity index (χ3n) is 11.5. The minimum absolute atomic E-state index is 0.779. The van der Waals surface area contributed by atoms with E-state index in [4.69, 9.17) is 9.97 Å². The Morgan fingerprint density at radius 2 is 0.738 bits per heavy atom. The van der Waals surface area contributed by atoms with Gasteiger partial charge in [0.05, 0.1) is 28.1 Å². The Kier molecular flexibility index (Phi) is 9.14. The zero-order valence-electron chi connectivity index (χ0n) is 33.2. The highest BCUT2D eigenvalue weighted by Gasteiger charge is 2.24. The smallest absolute Gasteiger partial charge is 0.139 e. The molecule has 0 aliphatic rings. The summed E-state index contributed by atoms with van der Waals surface area (Å²) in [5.74, 6) is 0.805. The molecule has 61 heavy (non-hydrogen) atoms. The highest BCUT2D eigenvalue weighted by atomic mass is 15.1. The van der Waals surface area contributed by atoms with Crippen LogP contribution in [0.4, 0.5) is 0 Å². The van der Waals surface area contributed by atoms with Gasteiger partial charge in [0.2, 0.25) is 0 Å². The topological polar surface area (TPSA) is 43.6 Å². The van der Waals surface area contributed by atoms with Crippen molar-refractivity contribution in [3.05, 3.63) is 231 Å². The Morgan fingerprint density at radius 3 is 1.21 bits per heavy atom. The van der Waals surface area contributed by atoms with Gasteiger partial charge in [-0.1, -0.05) is 158 Å². The van der Waals surface area contributed by atoms with Crippen LogP contribution < -0.4 is 0 Å². The van der Waals surface area contributed by atoms with Crippen LogP contribution in [-0.4, -0.2) is 19.5 Å². The SMILES string of the molecule is c1ccc(-c2cc(-c3cccc(-c4cccnc4)n3)nc(-n3c4c(-c5ccccc5)cc(-c5ccccc5)cc4c4cc(-c5ccccc5)cc(-c5ccccc5)c43)c2)cc1. The Morgan fingerprint density at radius 1 is 0.295 bits per heavy atom. The Hall–Kier alpha value is -8.21. The van der Waals surface area contributed by atoms with Gasteiger partial charge < -0.3 is 0 Å². The molecule has 0 amide bonds. The number of rotatable bonds is 8. The second-order valence-electron chi connectivity index (χ2n) is 15.3. The number of hydrogen-bond acceptors (Lipinski definition) is 3. The van der Waals surface area contributed by atoms with E-state index in [1.807, 2.05) is 24.4 Å². The van der Waals surface area contributed by atoms with Crippen molar-refractivity contribution in [2.75, 3.05) is 0 Å². The van der Waals surface area contributed by atoms with Crippen LogP contribution in [0.3, 0.4) is 0 Å². The van der Waals surface area contributed by atoms with Gasteiger partial charge in [0.25, 0.3) is 0 Å². The maximum absolute atomic E-state index is 5.62. The molecule has 4 aromatic heterocycles. The van der Waals surface area contributed by atoms with Crippen molar-refractivity contribution in [3.63, 3.8) is 0 Å². The summed E-state index contributed by atoms with van der Waals surface area (Å²) in [6.45, 7) is 0. The number of benzene rings is 7. The second kappa shape index (κ2) is 15.5. The van der Waals surface area contributed by atoms with E-state index in [0.717, 1.165) is 106 Å². The fraction of sp³-hybridized carbons (Fsp3) is 0. The van der Waals surface area contributed by atoms with Crippen molar-refractivity contribution in [1.82, 2.24) is 19.5 Å². The predicted molar refractivity (Wildman–Crippen MR) is 252 cm³/mol. The Balaban J connectivity index is 1.30. The average Bonchev–Trinajstić information content (AvgIpc) is 3.69. The largest absolute Gasteiger partial charge is 0.292 e. The van der Waals surface area contributed by atoms with Gasteiger partial charge >= 0.3 is 0 Å². The molecule has 0 spiro atoms. The maximum atomic E-state index is 5.62. The highest BCUT2D eigenvalue weighted by molar-refractivity contribution is 6.19. The minimum Gasteiger partial charge on any atom is -0.292 e. The van der Waals surface area contributed by atoms with Crippen LogP contribution >= 0.6 is 0 Å². The third-order valence-corrected chi connectivity index (χ3v) is 11.5. The van der Waals surface area contributed by atoms with Crippen LogP contribution in [0.2, 0.25) is 0 Å². The van der Waals surface area contributed by atoms with Crippen molar-refractivity contribution in [3.8, 4) is 84.1 Å². The third kappa shape index (κ3) is 6.76. The number of aromatic nitrogens is 4. The molecule has 0 bridgehead atoms. The summed E-state index contributed by atoms with van der Waals surface area (Å²) in [6.07, 6.45) is 3.64. The summed E-state index contributed by atoms with van der Waals surface area (Å²) in [4.78, 5) is 15.2. The molecule has 11 aromatic rings. The predicted octanol–water partition coefficient (Wildman–Crippen LogP) is 14.6. The standard InChI is InChI=1S/C57H38N4/c1-6-18-39(19-7-1)45-32-48(42-24-12-4-13-25-42)56-50(34-45)51-35-46(40-20-8-2-9-21-40)33-49(43-26-14-5-15-27-43)57(51)61(56)55-37-47(41-22-10-3-11-23-41)36-54(60-55)53-30-16-29-52(59-53)44-28-17-31-58-38-44/h1-38H. The van der Waals surface area contributed by atoms with Crippen molar-refractivity contribution in [2.24, 2.45) is 0 Å². The quantitative estimate of drug-likeness (QED) is 0.154. The summed E-state index contributed by atoms with van der Waals surface area (Å²) in [5, 5.41) is 2.30. The van der Waals surface area contributed by atoms with E-state index in [2.05, 4.69) is 210 Å². The Labute approximate surface area is 354 Å². The Bertz CT molecular complexity index is 3170. The van der Waals surface area contributed by atoms with Crippen LogP contribution in [0, 0.1) is 0 Å². The van der Waals surface area contributed by atoms with Crippen molar-refractivity contribution in [1.29, 1.82) is 0 Å². The van der Waals surface area contributed by atoms with Crippen molar-refractivity contribution < 1.29 is 0 Å². The number of pyridine rings is 3. The first-order valence-corrected chi connectivity index (χ1v) is 20.6. The summed E-state index contributed by atoms with van der Waals surface area (Å²) < 4.78 is 2.42. The van der Waals surface area contributed by atoms with E-state index in [1.165, 1.54) is 0 Å². The zero-order valence-corrected chi connectivity index (χ0v) is 33.2. The summed E-state index contributed by atoms with van der Waals surface area (Å²) in [5.41, 5.74) is 16.8. The molecule has 0 atom stereocenters. The maximum Gasteiger partial charge on any atom is 0.139 e. The molecule has 0 unspecified atom stereocenters. The van der Waals surface area contributed by atoms with E-state index < -0.39 is 0 Å². The van der Waals surface area contributed by atoms with Crippen LogP contribution in [0.15, 0.2) is 231 Å². The van der Waals surface area contributed by atoms with Gasteiger partial charge in [-0.25, -0.2) is 9.97 Å². The summed E-state index contributed by atoms with van der Waals surface area (Å²) >= 11 is 0. The lowest BCUT2D eigenvalue weighted by atomic mass is 9.93. The van der Waals surface area contributed by atoms with E-state index in [0.29, 0.717) is 0 Å². The van der Waals surface area contributed by atoms with Gasteiger partial charge in [-0.05, 0) is 105 Å². The molecule has 0 aliphatic carbocycles. The van der Waals surface area contributed by atoms with Crippen LogP contribution in [0.5, 0.6) is 0 Å². The lowest BCUT2D eigenvalue weighted by Gasteiger charge is -2.17. The van der Waals surface area contributed by atoms with Gasteiger partial charge in [0, 0.05) is 39.9 Å². The molecule has 4 heteroatoms. The first-order chi connectivity index (χ1) is 30.2. The number of nitrogens with zero attached hydrogens (tertiary/aromatic N) is 4. The molecule has 0 fully saturated rings. The number of hydrogen-bond donors (Lipinski definition) is 0. The van der Waals surface area contributed by atoms with Gasteiger partial charge in [0.1, 0.15) is 5.82 Å². The molecule has 11 rings (SSSR count). The molecule has 0 N–H and O–H groups in total. The van der Waals surface area contributed by atoms with E-state index in [1.54, 1.807) is 6.20 Å². The average molecular weight is 779 g/mol. The van der Waals surface area contributed by atoms with Gasteiger partial charge in [-0.2, -0.15) is 0 Å². The number of fused-ring (bicyclic) bond motifs is 3. The van der Waals surface area contributed by atoms with Crippen LogP contribution in [0.25, 0.3) is 106 Å². The van der Waals surface area contributed by atoms with Crippen LogP contribution in [-0.2, 0) is 0 Å². The molecular formula is C57H38N4. The lowest BCUT2D eigenvalue weighted by Crippen LogP contribution is -2.03. The van der Waals surface area contributed by atoms with E-state index in [-0.39, 0.29) is 0 Å². The molecule has 0 radical (unpaired) electrons. The molecule has 286 valence electrons. The fourth-order valence-corrected chi connectivity index (χ4v) is 8.58. The van der Waals surface area contributed by atoms with E-state index >= 15 is 0 Å². The van der Waals surface area contributed by atoms with Gasteiger partial charge in [0.15, 0.2) is 0 Å². The van der Waals surface area contributed by atoms with Crippen molar-refractivity contribution >= 4 is 21.8 Å². The minimum atomic E-state index is 0.779. The molecule has 0 saturated heterocycles. The van der Waals surface area contributed by atoms with Crippen molar-refractivity contribution in [2.45, 2.75) is 0 Å². The lowest BCUT2D eigenvalue weighted by molar-refractivity contribution is 1.08. The van der Waals surface area contributed by atoms with Gasteiger partial charge in [-0.3, -0.25) is 9.55 Å². The molecular weight excluding hydrogens is 741 g/mol. The molecule has 0 aliphatic heterocycles. The highest BCUT2D eigenvalue weighted by Crippen LogP contribution is 2.46.